The zero-order valence-electron chi connectivity index (χ0n) is 18.3. The van der Waals surface area contributed by atoms with Crippen LogP contribution in [-0.4, -0.2) is 43.7 Å². The Morgan fingerprint density at radius 1 is 1.18 bits per heavy atom. The summed E-state index contributed by atoms with van der Waals surface area (Å²) in [5.41, 5.74) is 3.31. The number of anilines is 1. The quantitative estimate of drug-likeness (QED) is 0.256. The Morgan fingerprint density at radius 2 is 1.88 bits per heavy atom. The van der Waals surface area contributed by atoms with Crippen LogP contribution in [0.1, 0.15) is 25.8 Å². The smallest absolute Gasteiger partial charge is 0.329 e. The van der Waals surface area contributed by atoms with Crippen molar-refractivity contribution in [3.63, 3.8) is 0 Å². The number of carbonyl (C=O) groups is 3. The maximum absolute atomic E-state index is 12.2. The number of nitrogens with zero attached hydrogens (tertiary/aromatic N) is 1. The molecule has 2 aromatic rings. The van der Waals surface area contributed by atoms with E-state index in [-0.39, 0.29) is 18.6 Å². The summed E-state index contributed by atoms with van der Waals surface area (Å²) < 4.78 is 11.5. The lowest BCUT2D eigenvalue weighted by atomic mass is 10.2. The Labute approximate surface area is 205 Å². The molecule has 9 nitrogen and oxygen atoms in total. The van der Waals surface area contributed by atoms with Gasteiger partial charge in [0.2, 0.25) is 0 Å². The standard InChI is InChI=1S/C22H24BrClN4O5/c1-4-13(2)26-21(30)22(31)28-25-11-14-9-17(23)20(18(10-14)32-3)33-12-19(29)27-16-7-5-15(24)6-8-16/h5-11,13H,4,12H2,1-3H3,(H,26,30)(H,27,29)(H,28,31)/b25-11-/t13-/m0/s1. The van der Waals surface area contributed by atoms with Gasteiger partial charge in [0, 0.05) is 16.8 Å². The van der Waals surface area contributed by atoms with Crippen molar-refractivity contribution in [3.05, 3.63) is 51.5 Å². The van der Waals surface area contributed by atoms with Gasteiger partial charge in [-0.25, -0.2) is 5.43 Å². The number of nitrogens with one attached hydrogen (secondary N) is 3. The highest BCUT2D eigenvalue weighted by Crippen LogP contribution is 2.36. The maximum Gasteiger partial charge on any atom is 0.329 e. The molecule has 0 spiro atoms. The highest BCUT2D eigenvalue weighted by Gasteiger charge is 2.15. The minimum Gasteiger partial charge on any atom is -0.493 e. The van der Waals surface area contributed by atoms with Crippen molar-refractivity contribution in [1.29, 1.82) is 0 Å². The van der Waals surface area contributed by atoms with Crippen LogP contribution < -0.4 is 25.5 Å². The molecule has 2 rings (SSSR count). The second kappa shape index (κ2) is 12.8. The van der Waals surface area contributed by atoms with Crippen LogP contribution in [0.2, 0.25) is 5.02 Å². The van der Waals surface area contributed by atoms with E-state index < -0.39 is 11.8 Å². The number of hydrogen-bond acceptors (Lipinski definition) is 6. The summed E-state index contributed by atoms with van der Waals surface area (Å²) in [5.74, 6) is -1.34. The molecule has 3 amide bonds. The van der Waals surface area contributed by atoms with E-state index in [9.17, 15) is 14.4 Å². The van der Waals surface area contributed by atoms with Gasteiger partial charge in [-0.05, 0) is 71.2 Å². The van der Waals surface area contributed by atoms with Crippen LogP contribution in [0.4, 0.5) is 5.69 Å². The van der Waals surface area contributed by atoms with Gasteiger partial charge in [-0.2, -0.15) is 5.10 Å². The van der Waals surface area contributed by atoms with Crippen molar-refractivity contribution in [2.75, 3.05) is 19.0 Å². The van der Waals surface area contributed by atoms with E-state index in [1.807, 2.05) is 6.92 Å². The first-order chi connectivity index (χ1) is 15.7. The van der Waals surface area contributed by atoms with Gasteiger partial charge in [0.1, 0.15) is 0 Å². The molecule has 1 atom stereocenters. The Morgan fingerprint density at radius 3 is 2.52 bits per heavy atom. The number of halogens is 2. The lowest BCUT2D eigenvalue weighted by molar-refractivity contribution is -0.139. The highest BCUT2D eigenvalue weighted by atomic mass is 79.9. The number of ether oxygens (including phenoxy) is 2. The first kappa shape index (κ1) is 26.1. The third kappa shape index (κ3) is 8.39. The van der Waals surface area contributed by atoms with E-state index in [0.29, 0.717) is 38.7 Å². The number of benzene rings is 2. The summed E-state index contributed by atoms with van der Waals surface area (Å²) >= 11 is 9.21. The lowest BCUT2D eigenvalue weighted by Gasteiger charge is -2.13. The minimum absolute atomic E-state index is 0.117. The molecule has 3 N–H and O–H groups in total. The number of rotatable bonds is 9. The molecule has 0 aliphatic rings. The molecule has 0 fully saturated rings. The van der Waals surface area contributed by atoms with Crippen molar-refractivity contribution in [3.8, 4) is 11.5 Å². The minimum atomic E-state index is -0.871. The van der Waals surface area contributed by atoms with Crippen molar-refractivity contribution in [1.82, 2.24) is 10.7 Å². The summed E-state index contributed by atoms with van der Waals surface area (Å²) in [6, 6.07) is 9.83. The molecule has 176 valence electrons. The molecular weight excluding hydrogens is 516 g/mol. The van der Waals surface area contributed by atoms with E-state index in [1.54, 1.807) is 43.3 Å². The second-order valence-corrected chi connectivity index (χ2v) is 8.15. The van der Waals surface area contributed by atoms with Crippen molar-refractivity contribution >= 4 is 57.2 Å². The van der Waals surface area contributed by atoms with Crippen molar-refractivity contribution < 1.29 is 23.9 Å². The van der Waals surface area contributed by atoms with E-state index in [2.05, 4.69) is 37.1 Å². The van der Waals surface area contributed by atoms with Gasteiger partial charge in [0.05, 0.1) is 17.8 Å². The molecule has 0 aliphatic carbocycles. The predicted octanol–water partition coefficient (Wildman–Crippen LogP) is 3.49. The van der Waals surface area contributed by atoms with Crippen LogP contribution in [0.5, 0.6) is 11.5 Å². The van der Waals surface area contributed by atoms with Crippen LogP contribution in [0.3, 0.4) is 0 Å². The van der Waals surface area contributed by atoms with Crippen molar-refractivity contribution in [2.24, 2.45) is 5.10 Å². The molecule has 11 heteroatoms. The van der Waals surface area contributed by atoms with Gasteiger partial charge in [-0.3, -0.25) is 14.4 Å². The first-order valence-electron chi connectivity index (χ1n) is 9.93. The normalized spacial score (nSPS) is 11.5. The third-order valence-electron chi connectivity index (χ3n) is 4.30. The lowest BCUT2D eigenvalue weighted by Crippen LogP contribution is -2.41. The highest BCUT2D eigenvalue weighted by molar-refractivity contribution is 9.10. The maximum atomic E-state index is 12.2. The fourth-order valence-corrected chi connectivity index (χ4v) is 3.13. The van der Waals surface area contributed by atoms with Gasteiger partial charge in [0.15, 0.2) is 18.1 Å². The van der Waals surface area contributed by atoms with Crippen LogP contribution in [0, 0.1) is 0 Å². The molecule has 0 unspecified atom stereocenters. The summed E-state index contributed by atoms with van der Waals surface area (Å²) in [6.45, 7) is 3.43. The van der Waals surface area contributed by atoms with Gasteiger partial charge < -0.3 is 20.1 Å². The molecular formula is C22H24BrClN4O5. The number of amides is 3. The zero-order chi connectivity index (χ0) is 24.4. The van der Waals surface area contributed by atoms with Crippen molar-refractivity contribution in [2.45, 2.75) is 26.3 Å². The fourth-order valence-electron chi connectivity index (χ4n) is 2.43. The Balaban J connectivity index is 1.98. The van der Waals surface area contributed by atoms with E-state index >= 15 is 0 Å². The van der Waals surface area contributed by atoms with Crippen LogP contribution >= 0.6 is 27.5 Å². The van der Waals surface area contributed by atoms with Gasteiger partial charge in [-0.15, -0.1) is 0 Å². The molecule has 0 saturated carbocycles. The first-order valence-corrected chi connectivity index (χ1v) is 11.1. The number of carbonyl (C=O) groups excluding carboxylic acids is 3. The average molecular weight is 540 g/mol. The largest absolute Gasteiger partial charge is 0.493 e. The fraction of sp³-hybridized carbons (Fsp3) is 0.273. The third-order valence-corrected chi connectivity index (χ3v) is 5.14. The molecule has 33 heavy (non-hydrogen) atoms. The predicted molar refractivity (Wildman–Crippen MR) is 130 cm³/mol. The zero-order valence-corrected chi connectivity index (χ0v) is 20.6. The summed E-state index contributed by atoms with van der Waals surface area (Å²) in [7, 11) is 1.45. The molecule has 0 heterocycles. The Bertz CT molecular complexity index is 1030. The number of hydrogen-bond donors (Lipinski definition) is 3. The Kier molecular flexibility index (Phi) is 10.1. The average Bonchev–Trinajstić information content (AvgIpc) is 2.79. The van der Waals surface area contributed by atoms with E-state index in [0.717, 1.165) is 0 Å². The molecule has 0 radical (unpaired) electrons. The van der Waals surface area contributed by atoms with Gasteiger partial charge in [0.25, 0.3) is 5.91 Å². The summed E-state index contributed by atoms with van der Waals surface area (Å²) in [5, 5.41) is 9.60. The topological polar surface area (TPSA) is 118 Å². The molecule has 0 bridgehead atoms. The second-order valence-electron chi connectivity index (χ2n) is 6.86. The molecule has 0 aliphatic heterocycles. The van der Waals surface area contributed by atoms with Crippen LogP contribution in [-0.2, 0) is 14.4 Å². The van der Waals surface area contributed by atoms with Crippen LogP contribution in [0.15, 0.2) is 46.0 Å². The molecule has 0 aromatic heterocycles. The SMILES string of the molecule is CC[C@H](C)NC(=O)C(=O)N/N=C\c1cc(Br)c(OCC(=O)Nc2ccc(Cl)cc2)c(OC)c1. The number of hydrazone groups is 1. The van der Waals surface area contributed by atoms with Gasteiger partial charge in [-0.1, -0.05) is 18.5 Å². The summed E-state index contributed by atoms with van der Waals surface area (Å²) in [4.78, 5) is 35.7. The van der Waals surface area contributed by atoms with E-state index in [4.69, 9.17) is 21.1 Å². The van der Waals surface area contributed by atoms with Crippen LogP contribution in [0.25, 0.3) is 0 Å². The van der Waals surface area contributed by atoms with E-state index in [1.165, 1.54) is 13.3 Å². The molecule has 0 saturated heterocycles. The van der Waals surface area contributed by atoms with Gasteiger partial charge >= 0.3 is 11.8 Å². The Hall–Kier alpha value is -3.11. The summed E-state index contributed by atoms with van der Waals surface area (Å²) in [6.07, 6.45) is 2.05. The monoisotopic (exact) mass is 538 g/mol. The number of methoxy groups -OCH3 is 1. The molecule has 2 aromatic carbocycles.